The zero-order valence-electron chi connectivity index (χ0n) is 33.9. The Labute approximate surface area is 348 Å². The number of fused-ring (bicyclic) bond motifs is 4. The molecule has 4 atom stereocenters. The Morgan fingerprint density at radius 3 is 2.67 bits per heavy atom. The van der Waals surface area contributed by atoms with Crippen LogP contribution in [-0.2, 0) is 32.5 Å². The number of nitrogens with zero attached hydrogens (tertiary/aromatic N) is 9. The van der Waals surface area contributed by atoms with Gasteiger partial charge < -0.3 is 19.7 Å². The summed E-state index contributed by atoms with van der Waals surface area (Å²) in [6.45, 7) is 4.51. The van der Waals surface area contributed by atoms with Crippen molar-refractivity contribution in [3.8, 4) is 0 Å². The molecule has 5 aromatic rings. The van der Waals surface area contributed by atoms with E-state index in [0.717, 1.165) is 81.6 Å². The largest absolute Gasteiger partial charge is 0.376 e. The van der Waals surface area contributed by atoms with E-state index in [0.29, 0.717) is 36.7 Å². The van der Waals surface area contributed by atoms with E-state index in [-0.39, 0.29) is 60.0 Å². The van der Waals surface area contributed by atoms with Crippen molar-refractivity contribution in [3.63, 3.8) is 0 Å². The minimum absolute atomic E-state index is 0.00825. The van der Waals surface area contributed by atoms with Crippen LogP contribution in [0, 0.1) is 5.92 Å². The van der Waals surface area contributed by atoms with Crippen LogP contribution in [-0.4, -0.2) is 114 Å². The molecular formula is C42H49F2N11O6. The second-order valence-corrected chi connectivity index (χ2v) is 17.2. The fraction of sp³-hybridized carbons (Fsp3) is 0.548. The highest BCUT2D eigenvalue weighted by Gasteiger charge is 2.40. The zero-order valence-corrected chi connectivity index (χ0v) is 33.9. The Morgan fingerprint density at radius 1 is 1.05 bits per heavy atom. The molecule has 0 spiro atoms. The summed E-state index contributed by atoms with van der Waals surface area (Å²) in [6.07, 6.45) is 8.25. The number of morpholine rings is 2. The Balaban J connectivity index is 0.745. The first-order valence-corrected chi connectivity index (χ1v) is 21.4. The number of benzene rings is 1. The molecule has 1 aliphatic carbocycles. The van der Waals surface area contributed by atoms with E-state index in [1.165, 1.54) is 21.5 Å². The predicted octanol–water partition coefficient (Wildman–Crippen LogP) is 3.79. The van der Waals surface area contributed by atoms with Crippen molar-refractivity contribution >= 4 is 45.9 Å². The summed E-state index contributed by atoms with van der Waals surface area (Å²) in [5.74, 6) is -0.191. The molecule has 1 saturated carbocycles. The second kappa shape index (κ2) is 16.1. The van der Waals surface area contributed by atoms with E-state index in [9.17, 15) is 28.0 Å². The molecule has 10 rings (SSSR count). The first-order valence-electron chi connectivity index (χ1n) is 21.4. The minimum atomic E-state index is -2.87. The summed E-state index contributed by atoms with van der Waals surface area (Å²) in [5, 5.41) is 13.6. The molecule has 0 radical (unpaired) electrons. The first kappa shape index (κ1) is 39.6. The number of anilines is 2. The highest BCUT2D eigenvalue weighted by molar-refractivity contribution is 6.08. The van der Waals surface area contributed by atoms with Crippen LogP contribution in [0.4, 0.5) is 20.3 Å². The summed E-state index contributed by atoms with van der Waals surface area (Å²) in [7, 11) is 1.72. The summed E-state index contributed by atoms with van der Waals surface area (Å²) >= 11 is 0. The Kier molecular flexibility index (Phi) is 10.4. The summed E-state index contributed by atoms with van der Waals surface area (Å²) in [4.78, 5) is 60.8. The number of amides is 3. The molecule has 17 nitrogen and oxygen atoms in total. The standard InChI is InChI=1S/C42H49F2N11O6/c1-50-37-25(3-2-4-32(37)55(42(50)59)33-11-12-35(56)48-41(33)58)7-10-28-20-51(15-16-60-28)19-24-5-8-26(9-6-24)54-22-31(36(49-54)38(43)44)46-40(57)30-18-45-53-14-13-34(47-39(30)53)52-21-29-17-27(52)23-61-29/h2-4,13-14,18,22,24,26-29,33,38H,5-12,15-17,19-21,23H2,1H3,(H,46,57)(H,48,56,58)/t24-,26-,27-,28+,29-,33?/m1/s1. The number of carbonyl (C=O) groups is 3. The molecule has 1 unspecified atom stereocenters. The van der Waals surface area contributed by atoms with Crippen molar-refractivity contribution in [1.82, 2.24) is 43.7 Å². The minimum Gasteiger partial charge on any atom is -0.376 e. The van der Waals surface area contributed by atoms with Gasteiger partial charge in [-0.2, -0.15) is 10.2 Å². The van der Waals surface area contributed by atoms with Crippen molar-refractivity contribution in [2.75, 3.05) is 49.6 Å². The van der Waals surface area contributed by atoms with Gasteiger partial charge in [0.25, 0.3) is 12.3 Å². The lowest BCUT2D eigenvalue weighted by molar-refractivity contribution is -0.135. The number of para-hydroxylation sites is 1. The molecule has 5 aliphatic rings. The van der Waals surface area contributed by atoms with E-state index >= 15 is 0 Å². The fourth-order valence-electron chi connectivity index (χ4n) is 10.2. The Hall–Kier alpha value is -5.53. The highest BCUT2D eigenvalue weighted by atomic mass is 19.3. The summed E-state index contributed by atoms with van der Waals surface area (Å²) in [6, 6.07) is 7.07. The van der Waals surface area contributed by atoms with Crippen LogP contribution in [0.3, 0.4) is 0 Å². The van der Waals surface area contributed by atoms with Gasteiger partial charge in [0.2, 0.25) is 11.8 Å². The third-order valence-corrected chi connectivity index (χ3v) is 13.4. The Bertz CT molecular complexity index is 2560. The lowest BCUT2D eigenvalue weighted by atomic mass is 9.85. The van der Waals surface area contributed by atoms with Crippen molar-refractivity contribution in [3.05, 3.63) is 70.2 Å². The van der Waals surface area contributed by atoms with Crippen LogP contribution in [0.2, 0.25) is 0 Å². The number of aromatic nitrogens is 7. The SMILES string of the molecule is Cn1c(=O)n(C2CCC(=O)NC2=O)c2cccc(CC[C@H]3CN(C[C@H]4CC[C@H](n5cc(NC(=O)c6cnn7ccc(N8C[C@H]9C[C@@H]8CO9)nc67)c(C(F)F)n5)CC4)CCO3)c21. The molecule has 4 saturated heterocycles. The number of piperidine rings is 1. The number of halogens is 2. The molecule has 322 valence electrons. The van der Waals surface area contributed by atoms with E-state index in [1.807, 2.05) is 24.3 Å². The number of rotatable bonds is 11. The van der Waals surface area contributed by atoms with E-state index < -0.39 is 30.0 Å². The molecule has 4 aromatic heterocycles. The van der Waals surface area contributed by atoms with Crippen molar-refractivity contribution in [2.24, 2.45) is 13.0 Å². The Morgan fingerprint density at radius 2 is 1.90 bits per heavy atom. The average molecular weight is 842 g/mol. The van der Waals surface area contributed by atoms with Crippen LogP contribution in [0.5, 0.6) is 0 Å². The maximum Gasteiger partial charge on any atom is 0.329 e. The molecule has 1 aromatic carbocycles. The van der Waals surface area contributed by atoms with Crippen LogP contribution in [0.15, 0.2) is 47.7 Å². The van der Waals surface area contributed by atoms with Crippen LogP contribution in [0.1, 0.15) is 91.5 Å². The third kappa shape index (κ3) is 7.49. The van der Waals surface area contributed by atoms with E-state index in [4.69, 9.17) is 14.5 Å². The smallest absolute Gasteiger partial charge is 0.329 e. The van der Waals surface area contributed by atoms with Gasteiger partial charge in [-0.1, -0.05) is 12.1 Å². The van der Waals surface area contributed by atoms with Gasteiger partial charge in [0, 0.05) is 52.0 Å². The van der Waals surface area contributed by atoms with Gasteiger partial charge >= 0.3 is 5.69 Å². The second-order valence-electron chi connectivity index (χ2n) is 17.2. The number of ether oxygens (including phenoxy) is 2. The number of hydrogen-bond donors (Lipinski definition) is 2. The van der Waals surface area contributed by atoms with Gasteiger partial charge in [0.15, 0.2) is 11.3 Å². The first-order chi connectivity index (χ1) is 29.6. The molecule has 2 N–H and O–H groups in total. The van der Waals surface area contributed by atoms with Gasteiger partial charge in [-0.25, -0.2) is 23.1 Å². The van der Waals surface area contributed by atoms with Crippen molar-refractivity contribution < 1.29 is 32.6 Å². The maximum atomic E-state index is 14.3. The van der Waals surface area contributed by atoms with Gasteiger partial charge in [-0.05, 0) is 75.0 Å². The summed E-state index contributed by atoms with van der Waals surface area (Å²) < 4.78 is 46.8. The fourth-order valence-corrected chi connectivity index (χ4v) is 10.2. The molecule has 8 heterocycles. The van der Waals surface area contributed by atoms with E-state index in [1.54, 1.807) is 22.5 Å². The highest BCUT2D eigenvalue weighted by Crippen LogP contribution is 2.36. The summed E-state index contributed by atoms with van der Waals surface area (Å²) in [5.41, 5.74) is 2.24. The molecule has 5 fully saturated rings. The number of imidazole rings is 1. The van der Waals surface area contributed by atoms with Crippen LogP contribution >= 0.6 is 0 Å². The lowest BCUT2D eigenvalue weighted by Crippen LogP contribution is -2.45. The molecular weight excluding hydrogens is 793 g/mol. The van der Waals surface area contributed by atoms with Gasteiger partial charge in [0.05, 0.1) is 60.4 Å². The number of nitrogens with one attached hydrogen (secondary N) is 2. The average Bonchev–Trinajstić information content (AvgIpc) is 4.11. The maximum absolute atomic E-state index is 14.3. The predicted molar refractivity (Wildman–Crippen MR) is 218 cm³/mol. The van der Waals surface area contributed by atoms with Crippen LogP contribution in [0.25, 0.3) is 16.7 Å². The number of hydrogen-bond acceptors (Lipinski definition) is 11. The van der Waals surface area contributed by atoms with Crippen LogP contribution < -0.4 is 21.2 Å². The quantitative estimate of drug-likeness (QED) is 0.185. The van der Waals surface area contributed by atoms with Gasteiger partial charge in [-0.3, -0.25) is 38.4 Å². The number of carbonyl (C=O) groups excluding carboxylic acids is 3. The van der Waals surface area contributed by atoms with Crippen molar-refractivity contribution in [1.29, 1.82) is 0 Å². The van der Waals surface area contributed by atoms with Gasteiger partial charge in [0.1, 0.15) is 17.4 Å². The third-order valence-electron chi connectivity index (χ3n) is 13.4. The number of aryl methyl sites for hydroxylation is 2. The lowest BCUT2D eigenvalue weighted by Gasteiger charge is -2.37. The molecule has 61 heavy (non-hydrogen) atoms. The normalized spacial score (nSPS) is 25.9. The number of imide groups is 1. The topological polar surface area (TPSA) is 175 Å². The van der Waals surface area contributed by atoms with E-state index in [2.05, 4.69) is 30.6 Å². The van der Waals surface area contributed by atoms with Gasteiger partial charge in [-0.15, -0.1) is 0 Å². The zero-order chi connectivity index (χ0) is 41.9. The molecule has 3 amide bonds. The van der Waals surface area contributed by atoms with Crippen molar-refractivity contribution in [2.45, 2.75) is 94.5 Å². The molecule has 4 aliphatic heterocycles. The molecule has 2 bridgehead atoms. The number of alkyl halides is 2. The monoisotopic (exact) mass is 841 g/mol. The molecule has 19 heteroatoms.